The van der Waals surface area contributed by atoms with E-state index in [4.69, 9.17) is 4.52 Å². The molecule has 0 bridgehead atoms. The Kier molecular flexibility index (Phi) is 4.01. The minimum atomic E-state index is -4.05. The molecule has 1 N–H and O–H groups in total. The second-order valence-electron chi connectivity index (χ2n) is 5.93. The highest BCUT2D eigenvalue weighted by Crippen LogP contribution is 2.31. The van der Waals surface area contributed by atoms with E-state index in [9.17, 15) is 18.0 Å². The summed E-state index contributed by atoms with van der Waals surface area (Å²) in [4.78, 5) is 25.2. The number of aryl methyl sites for hydroxylation is 1. The van der Waals surface area contributed by atoms with E-state index < -0.39 is 15.8 Å². The fourth-order valence-corrected chi connectivity index (χ4v) is 4.25. The Morgan fingerprint density at radius 2 is 1.56 bits per heavy atom. The van der Waals surface area contributed by atoms with Gasteiger partial charge in [0.25, 0.3) is 15.9 Å². The van der Waals surface area contributed by atoms with Crippen LogP contribution in [0.3, 0.4) is 0 Å². The predicted molar refractivity (Wildman–Crippen MR) is 99.5 cm³/mol. The van der Waals surface area contributed by atoms with Gasteiger partial charge in [-0.2, -0.15) is 0 Å². The summed E-state index contributed by atoms with van der Waals surface area (Å²) in [5, 5.41) is 3.66. The van der Waals surface area contributed by atoms with Gasteiger partial charge in [-0.1, -0.05) is 29.4 Å². The van der Waals surface area contributed by atoms with E-state index in [-0.39, 0.29) is 33.3 Å². The molecule has 0 atom stereocenters. The van der Waals surface area contributed by atoms with E-state index in [1.807, 2.05) is 0 Å². The third kappa shape index (κ3) is 2.79. The molecule has 1 heterocycles. The predicted octanol–water partition coefficient (Wildman–Crippen LogP) is 3.32. The van der Waals surface area contributed by atoms with Crippen LogP contribution in [0, 0.1) is 6.92 Å². The number of halogens is 1. The molecule has 0 fully saturated rings. The van der Waals surface area contributed by atoms with Gasteiger partial charge in [0.1, 0.15) is 4.47 Å². The average molecular weight is 447 g/mol. The van der Waals surface area contributed by atoms with E-state index >= 15 is 0 Å². The Bertz CT molecular complexity index is 1230. The number of carbonyl (C=O) groups excluding carboxylic acids is 2. The van der Waals surface area contributed by atoms with Crippen molar-refractivity contribution in [2.45, 2.75) is 11.8 Å². The molecule has 0 unspecified atom stereocenters. The van der Waals surface area contributed by atoms with Crippen LogP contribution in [0.1, 0.15) is 37.5 Å². The van der Waals surface area contributed by atoms with Gasteiger partial charge in [-0.3, -0.25) is 9.59 Å². The SMILES string of the molecule is Cc1noc(NS(=O)(=O)c2ccc3c(c2)C(=O)c2ccccc2C3=O)c1Br. The van der Waals surface area contributed by atoms with Gasteiger partial charge in [0.2, 0.25) is 0 Å². The minimum absolute atomic E-state index is 0.0504. The van der Waals surface area contributed by atoms with Gasteiger partial charge in [0.15, 0.2) is 11.6 Å². The number of ketones is 2. The minimum Gasteiger partial charge on any atom is -0.336 e. The first kappa shape index (κ1) is 17.6. The third-order valence-corrected chi connectivity index (χ3v) is 6.49. The summed E-state index contributed by atoms with van der Waals surface area (Å²) in [6.07, 6.45) is 0. The molecule has 4 rings (SSSR count). The lowest BCUT2D eigenvalue weighted by molar-refractivity contribution is 0.0979. The van der Waals surface area contributed by atoms with Crippen molar-refractivity contribution in [3.05, 3.63) is 74.9 Å². The molecule has 1 aromatic heterocycles. The van der Waals surface area contributed by atoms with Crippen molar-refractivity contribution in [2.75, 3.05) is 4.72 Å². The molecule has 1 aliphatic rings. The standard InChI is InChI=1S/C18H11BrN2O5S/c1-9-15(19)18(26-20-9)21-27(24,25)10-6-7-13-14(8-10)17(23)12-5-3-2-4-11(12)16(13)22/h2-8,21H,1H3. The summed E-state index contributed by atoms with van der Waals surface area (Å²) in [7, 11) is -4.05. The van der Waals surface area contributed by atoms with Crippen LogP contribution < -0.4 is 4.72 Å². The first-order valence-corrected chi connectivity index (χ1v) is 10.0. The van der Waals surface area contributed by atoms with Gasteiger partial charge < -0.3 is 4.52 Å². The third-order valence-electron chi connectivity index (χ3n) is 4.22. The molecule has 0 amide bonds. The second-order valence-corrected chi connectivity index (χ2v) is 8.40. The smallest absolute Gasteiger partial charge is 0.264 e. The van der Waals surface area contributed by atoms with E-state index in [0.29, 0.717) is 15.7 Å². The molecule has 1 aliphatic carbocycles. The Labute approximate surface area is 162 Å². The van der Waals surface area contributed by atoms with Crippen LogP contribution in [-0.2, 0) is 10.0 Å². The van der Waals surface area contributed by atoms with Crippen LogP contribution >= 0.6 is 15.9 Å². The lowest BCUT2D eigenvalue weighted by Gasteiger charge is -2.18. The first-order chi connectivity index (χ1) is 12.8. The van der Waals surface area contributed by atoms with Crippen LogP contribution in [-0.4, -0.2) is 25.1 Å². The number of aromatic nitrogens is 1. The van der Waals surface area contributed by atoms with Gasteiger partial charge in [0.05, 0.1) is 10.6 Å². The quantitative estimate of drug-likeness (QED) is 0.517. The van der Waals surface area contributed by atoms with Gasteiger partial charge >= 0.3 is 0 Å². The first-order valence-electron chi connectivity index (χ1n) is 7.76. The molecular formula is C18H11BrN2O5S. The number of nitrogens with zero attached hydrogens (tertiary/aromatic N) is 1. The second kappa shape index (κ2) is 6.14. The average Bonchev–Trinajstić information content (AvgIpc) is 2.97. The number of rotatable bonds is 3. The number of fused-ring (bicyclic) bond motifs is 2. The monoisotopic (exact) mass is 446 g/mol. The highest BCUT2D eigenvalue weighted by molar-refractivity contribution is 9.10. The maximum Gasteiger partial charge on any atom is 0.264 e. The Morgan fingerprint density at radius 1 is 0.963 bits per heavy atom. The lowest BCUT2D eigenvalue weighted by Crippen LogP contribution is -2.22. The Morgan fingerprint density at radius 3 is 2.15 bits per heavy atom. The molecule has 27 heavy (non-hydrogen) atoms. The summed E-state index contributed by atoms with van der Waals surface area (Å²) in [6, 6.07) is 10.3. The van der Waals surface area contributed by atoms with Crippen LogP contribution in [0.25, 0.3) is 0 Å². The van der Waals surface area contributed by atoms with E-state index in [1.54, 1.807) is 31.2 Å². The molecule has 0 spiro atoms. The molecule has 9 heteroatoms. The van der Waals surface area contributed by atoms with Crippen LogP contribution in [0.5, 0.6) is 0 Å². The molecule has 136 valence electrons. The molecule has 0 saturated heterocycles. The normalized spacial score (nSPS) is 13.3. The summed E-state index contributed by atoms with van der Waals surface area (Å²) in [5.41, 5.74) is 1.27. The van der Waals surface area contributed by atoms with Gasteiger partial charge in [-0.15, -0.1) is 0 Å². The van der Waals surface area contributed by atoms with E-state index in [1.165, 1.54) is 18.2 Å². The van der Waals surface area contributed by atoms with Crippen LogP contribution in [0.15, 0.2) is 56.4 Å². The van der Waals surface area contributed by atoms with Crippen molar-refractivity contribution in [3.8, 4) is 0 Å². The number of nitrogens with one attached hydrogen (secondary N) is 1. The topological polar surface area (TPSA) is 106 Å². The molecule has 0 aliphatic heterocycles. The van der Waals surface area contributed by atoms with Gasteiger partial charge in [-0.25, -0.2) is 13.1 Å². The molecular weight excluding hydrogens is 436 g/mol. The summed E-state index contributed by atoms with van der Waals surface area (Å²) >= 11 is 3.19. The van der Waals surface area contributed by atoms with Crippen LogP contribution in [0.4, 0.5) is 5.88 Å². The highest BCUT2D eigenvalue weighted by atomic mass is 79.9. The van der Waals surface area contributed by atoms with Crippen molar-refractivity contribution in [3.63, 3.8) is 0 Å². The van der Waals surface area contributed by atoms with Crippen molar-refractivity contribution in [1.82, 2.24) is 5.16 Å². The van der Waals surface area contributed by atoms with E-state index in [2.05, 4.69) is 25.8 Å². The number of anilines is 1. The molecule has 2 aromatic carbocycles. The van der Waals surface area contributed by atoms with E-state index in [0.717, 1.165) is 0 Å². The lowest BCUT2D eigenvalue weighted by atomic mass is 9.84. The number of carbonyl (C=O) groups is 2. The van der Waals surface area contributed by atoms with Gasteiger partial charge in [0, 0.05) is 22.3 Å². The molecule has 7 nitrogen and oxygen atoms in total. The zero-order chi connectivity index (χ0) is 19.3. The zero-order valence-electron chi connectivity index (χ0n) is 13.8. The van der Waals surface area contributed by atoms with Crippen molar-refractivity contribution in [2.24, 2.45) is 0 Å². The molecule has 0 radical (unpaired) electrons. The largest absolute Gasteiger partial charge is 0.336 e. The van der Waals surface area contributed by atoms with Gasteiger partial charge in [-0.05, 0) is 41.1 Å². The number of hydrogen-bond donors (Lipinski definition) is 1. The van der Waals surface area contributed by atoms with Crippen molar-refractivity contribution in [1.29, 1.82) is 0 Å². The maximum atomic E-state index is 12.7. The Balaban J connectivity index is 1.78. The van der Waals surface area contributed by atoms with Crippen molar-refractivity contribution >= 4 is 43.4 Å². The van der Waals surface area contributed by atoms with Crippen LogP contribution in [0.2, 0.25) is 0 Å². The molecule has 0 saturated carbocycles. The summed E-state index contributed by atoms with van der Waals surface area (Å²) in [5.74, 6) is -0.780. The maximum absolute atomic E-state index is 12.7. The Hall–Kier alpha value is -2.78. The fourth-order valence-electron chi connectivity index (χ4n) is 2.85. The fraction of sp³-hybridized carbons (Fsp3) is 0.0556. The zero-order valence-corrected chi connectivity index (χ0v) is 16.2. The van der Waals surface area contributed by atoms with Crippen molar-refractivity contribution < 1.29 is 22.5 Å². The number of hydrogen-bond acceptors (Lipinski definition) is 6. The number of benzene rings is 2. The molecule has 3 aromatic rings. The highest BCUT2D eigenvalue weighted by Gasteiger charge is 2.31. The number of sulfonamides is 1. The summed E-state index contributed by atoms with van der Waals surface area (Å²) in [6.45, 7) is 1.64. The summed E-state index contributed by atoms with van der Waals surface area (Å²) < 4.78 is 32.9.